The number of carbonyl (C=O) groups is 1. The molecule has 1 aromatic heterocycles. The number of rotatable bonds is 3. The van der Waals surface area contributed by atoms with Gasteiger partial charge in [0, 0.05) is 43.4 Å². The minimum Gasteiger partial charge on any atom is -0.475 e. The van der Waals surface area contributed by atoms with E-state index in [1.165, 1.54) is 17.7 Å². The Morgan fingerprint density at radius 1 is 0.929 bits per heavy atom. The van der Waals surface area contributed by atoms with Gasteiger partial charge < -0.3 is 9.64 Å². The molecule has 0 radical (unpaired) electrons. The van der Waals surface area contributed by atoms with Crippen molar-refractivity contribution in [2.45, 2.75) is 31.3 Å². The summed E-state index contributed by atoms with van der Waals surface area (Å²) in [6.07, 6.45) is 0. The number of hydrogen-bond donors (Lipinski definition) is 1. The maximum Gasteiger partial charge on any atom is 0.264 e. The third-order valence-corrected chi connectivity index (χ3v) is 8.88. The molecule has 3 heterocycles. The minimum absolute atomic E-state index is 0. The molecule has 1 atom stereocenters. The van der Waals surface area contributed by atoms with Crippen molar-refractivity contribution in [3.8, 4) is 17.1 Å². The molecule has 4 aromatic rings. The number of carbonyl (C=O) groups excluding carboxylic acids is 1. The number of sulfonamides is 1. The van der Waals surface area contributed by atoms with Crippen molar-refractivity contribution in [3.05, 3.63) is 101 Å². The minimum atomic E-state index is -4.08. The number of nitrogens with zero attached hydrogens (tertiary/aromatic N) is 4. The SMILES string of the molecule is Cc1cccc(C)c1-c1cc2nc(n1)NS(=O)(=O)c1cccc(c1)C(=O)N1CCN(Cc3ccccc3)C[C@@H]1CO2.Cl. The van der Waals surface area contributed by atoms with Crippen LogP contribution in [0.1, 0.15) is 27.0 Å². The Bertz CT molecular complexity index is 1700. The van der Waals surface area contributed by atoms with Crippen LogP contribution in [-0.4, -0.2) is 66.4 Å². The molecule has 9 nitrogen and oxygen atoms in total. The first kappa shape index (κ1) is 29.5. The first-order valence-corrected chi connectivity index (χ1v) is 15.0. The molecular formula is C31H32ClN5O4S. The van der Waals surface area contributed by atoms with Crippen molar-refractivity contribution < 1.29 is 17.9 Å². The van der Waals surface area contributed by atoms with Gasteiger partial charge in [-0.2, -0.15) is 4.98 Å². The van der Waals surface area contributed by atoms with E-state index in [0.717, 1.165) is 23.2 Å². The quantitative estimate of drug-likeness (QED) is 0.361. The predicted molar refractivity (Wildman–Crippen MR) is 163 cm³/mol. The molecule has 1 fully saturated rings. The van der Waals surface area contributed by atoms with Gasteiger partial charge in [0.15, 0.2) is 0 Å². The van der Waals surface area contributed by atoms with E-state index in [1.807, 2.05) is 50.2 Å². The fourth-order valence-electron chi connectivity index (χ4n) is 5.53. The lowest BCUT2D eigenvalue weighted by atomic mass is 10.00. The van der Waals surface area contributed by atoms with Gasteiger partial charge in [-0.1, -0.05) is 54.6 Å². The van der Waals surface area contributed by atoms with Gasteiger partial charge in [-0.25, -0.2) is 18.1 Å². The van der Waals surface area contributed by atoms with Gasteiger partial charge in [-0.05, 0) is 48.7 Å². The molecule has 1 amide bonds. The van der Waals surface area contributed by atoms with E-state index in [0.29, 0.717) is 30.9 Å². The normalized spacial score (nSPS) is 18.2. The first-order chi connectivity index (χ1) is 19.8. The standard InChI is InChI=1S/C31H31N5O4S.ClH/c1-21-8-6-9-22(2)29(21)27-17-28-33-31(32-27)34-41(38,39)26-13-7-12-24(16-26)30(37)36-15-14-35(19-25(36)20-40-28)18-23-10-4-3-5-11-23;/h3-13,16-17,25H,14-15,18-20H2,1-2H3,(H,32,33,34);1H/t25-;/m1./s1. The van der Waals surface area contributed by atoms with E-state index in [2.05, 4.69) is 31.7 Å². The summed E-state index contributed by atoms with van der Waals surface area (Å²) in [6, 6.07) is 23.7. The highest BCUT2D eigenvalue weighted by molar-refractivity contribution is 7.92. The van der Waals surface area contributed by atoms with Crippen molar-refractivity contribution in [2.75, 3.05) is 31.0 Å². The Balaban J connectivity index is 0.00000353. The summed E-state index contributed by atoms with van der Waals surface area (Å²) >= 11 is 0. The van der Waals surface area contributed by atoms with E-state index >= 15 is 0 Å². The Labute approximate surface area is 252 Å². The Morgan fingerprint density at radius 2 is 1.67 bits per heavy atom. The van der Waals surface area contributed by atoms with Gasteiger partial charge >= 0.3 is 0 Å². The number of ether oxygens (including phenoxy) is 1. The number of amides is 1. The van der Waals surface area contributed by atoms with Gasteiger partial charge in [0.2, 0.25) is 11.8 Å². The third-order valence-electron chi connectivity index (χ3n) is 7.56. The van der Waals surface area contributed by atoms with Crippen LogP contribution >= 0.6 is 12.4 Å². The highest BCUT2D eigenvalue weighted by Crippen LogP contribution is 2.30. The Kier molecular flexibility index (Phi) is 8.49. The smallest absolute Gasteiger partial charge is 0.264 e. The first-order valence-electron chi connectivity index (χ1n) is 13.6. The monoisotopic (exact) mass is 605 g/mol. The molecule has 1 N–H and O–H groups in total. The topological polar surface area (TPSA) is 105 Å². The highest BCUT2D eigenvalue weighted by atomic mass is 35.5. The van der Waals surface area contributed by atoms with Crippen molar-refractivity contribution in [1.82, 2.24) is 19.8 Å². The van der Waals surface area contributed by atoms with Gasteiger partial charge in [0.1, 0.15) is 6.61 Å². The van der Waals surface area contributed by atoms with Gasteiger partial charge in [-0.15, -0.1) is 12.4 Å². The van der Waals surface area contributed by atoms with Crippen LogP contribution in [0.3, 0.4) is 0 Å². The molecule has 2 aliphatic heterocycles. The number of fused-ring (bicyclic) bond motifs is 5. The zero-order chi connectivity index (χ0) is 28.6. The van der Waals surface area contributed by atoms with E-state index in [9.17, 15) is 13.2 Å². The molecule has 218 valence electrons. The third kappa shape index (κ3) is 6.11. The number of anilines is 1. The summed E-state index contributed by atoms with van der Waals surface area (Å²) in [7, 11) is -4.08. The number of hydrogen-bond acceptors (Lipinski definition) is 7. The summed E-state index contributed by atoms with van der Waals surface area (Å²) < 4.78 is 35.5. The fourth-order valence-corrected chi connectivity index (χ4v) is 6.52. The lowest BCUT2D eigenvalue weighted by molar-refractivity contribution is 0.0310. The molecule has 11 heteroatoms. The number of halogens is 1. The van der Waals surface area contributed by atoms with Crippen molar-refractivity contribution >= 4 is 34.3 Å². The average molecular weight is 606 g/mol. The zero-order valence-electron chi connectivity index (χ0n) is 23.4. The zero-order valence-corrected chi connectivity index (χ0v) is 25.0. The highest BCUT2D eigenvalue weighted by Gasteiger charge is 2.33. The summed E-state index contributed by atoms with van der Waals surface area (Å²) in [5.41, 5.74) is 4.92. The predicted octanol–water partition coefficient (Wildman–Crippen LogP) is 4.70. The number of aromatic nitrogens is 2. The molecule has 42 heavy (non-hydrogen) atoms. The van der Waals surface area contributed by atoms with Gasteiger partial charge in [-0.3, -0.25) is 9.69 Å². The van der Waals surface area contributed by atoms with Crippen LogP contribution in [-0.2, 0) is 16.6 Å². The molecule has 6 rings (SSSR count). The van der Waals surface area contributed by atoms with Crippen LogP contribution in [0.4, 0.5) is 5.95 Å². The van der Waals surface area contributed by atoms with Gasteiger partial charge in [0.05, 0.1) is 16.6 Å². The molecule has 0 spiro atoms. The molecule has 0 unspecified atom stereocenters. The maximum absolute atomic E-state index is 13.7. The van der Waals surface area contributed by atoms with Crippen LogP contribution < -0.4 is 9.46 Å². The second-order valence-corrected chi connectivity index (χ2v) is 12.2. The second-order valence-electron chi connectivity index (χ2n) is 10.5. The van der Waals surface area contributed by atoms with Gasteiger partial charge in [0.25, 0.3) is 15.9 Å². The van der Waals surface area contributed by atoms with Crippen LogP contribution in [0.5, 0.6) is 5.88 Å². The largest absolute Gasteiger partial charge is 0.475 e. The fraction of sp³-hybridized carbons (Fsp3) is 0.258. The number of nitrogens with one attached hydrogen (secondary N) is 1. The summed E-state index contributed by atoms with van der Waals surface area (Å²) in [5, 5.41) is 0. The average Bonchev–Trinajstić information content (AvgIpc) is 2.96. The summed E-state index contributed by atoms with van der Waals surface area (Å²) in [5.74, 6) is -0.0977. The van der Waals surface area contributed by atoms with Crippen LogP contribution in [0.2, 0.25) is 0 Å². The Hall–Kier alpha value is -3.99. The molecule has 0 aliphatic carbocycles. The number of aryl methyl sites for hydroxylation is 2. The molecular weight excluding hydrogens is 574 g/mol. The maximum atomic E-state index is 13.7. The van der Waals surface area contributed by atoms with E-state index in [-0.39, 0.29) is 47.7 Å². The van der Waals surface area contributed by atoms with E-state index in [1.54, 1.807) is 23.1 Å². The molecule has 3 aromatic carbocycles. The Morgan fingerprint density at radius 3 is 2.43 bits per heavy atom. The molecule has 0 saturated carbocycles. The molecule has 4 bridgehead atoms. The summed E-state index contributed by atoms with van der Waals surface area (Å²) in [6.45, 7) is 6.67. The van der Waals surface area contributed by atoms with Crippen molar-refractivity contribution in [1.29, 1.82) is 0 Å². The lowest BCUT2D eigenvalue weighted by Crippen LogP contribution is -2.57. The van der Waals surface area contributed by atoms with Crippen molar-refractivity contribution in [3.63, 3.8) is 0 Å². The van der Waals surface area contributed by atoms with Crippen LogP contribution in [0.25, 0.3) is 11.3 Å². The van der Waals surface area contributed by atoms with Crippen LogP contribution in [0, 0.1) is 13.8 Å². The molecule has 1 saturated heterocycles. The molecule has 2 aliphatic rings. The van der Waals surface area contributed by atoms with E-state index in [4.69, 9.17) is 4.74 Å². The lowest BCUT2D eigenvalue weighted by Gasteiger charge is -2.41. The van der Waals surface area contributed by atoms with E-state index < -0.39 is 10.0 Å². The van der Waals surface area contributed by atoms with Crippen molar-refractivity contribution in [2.24, 2.45) is 0 Å². The van der Waals surface area contributed by atoms with Crippen LogP contribution in [0.15, 0.2) is 83.8 Å². The summed E-state index contributed by atoms with van der Waals surface area (Å²) in [4.78, 5) is 26.8. The second kappa shape index (κ2) is 12.1. The number of benzene rings is 3. The number of piperazine rings is 1.